The summed E-state index contributed by atoms with van der Waals surface area (Å²) in [6, 6.07) is 18.4. The van der Waals surface area contributed by atoms with E-state index < -0.39 is 0 Å². The van der Waals surface area contributed by atoms with Crippen molar-refractivity contribution in [1.82, 2.24) is 29.6 Å². The van der Waals surface area contributed by atoms with Crippen LogP contribution in [0.15, 0.2) is 77.9 Å². The lowest BCUT2D eigenvalue weighted by atomic mass is 9.89. The van der Waals surface area contributed by atoms with Crippen molar-refractivity contribution in [3.05, 3.63) is 112 Å². The van der Waals surface area contributed by atoms with Gasteiger partial charge in [0, 0.05) is 36.1 Å². The number of hydrogen-bond donors (Lipinski definition) is 2. The van der Waals surface area contributed by atoms with Crippen LogP contribution in [0.4, 0.5) is 4.39 Å². The first-order valence-corrected chi connectivity index (χ1v) is 12.8. The first-order valence-electron chi connectivity index (χ1n) is 12.8. The summed E-state index contributed by atoms with van der Waals surface area (Å²) in [4.78, 5) is 28.2. The van der Waals surface area contributed by atoms with Gasteiger partial charge in [-0.25, -0.2) is 9.37 Å². The molecule has 1 fully saturated rings. The zero-order valence-corrected chi connectivity index (χ0v) is 20.5. The number of hydrogen-bond acceptors (Lipinski definition) is 4. The van der Waals surface area contributed by atoms with Gasteiger partial charge in [-0.05, 0) is 86.3 Å². The minimum atomic E-state index is -0.253. The molecule has 0 radical (unpaired) electrons. The summed E-state index contributed by atoms with van der Waals surface area (Å²) < 4.78 is 14.9. The third-order valence-electron chi connectivity index (χ3n) is 7.34. The Morgan fingerprint density at radius 3 is 2.43 bits per heavy atom. The summed E-state index contributed by atoms with van der Waals surface area (Å²) in [5, 5.41) is 3.43. The number of piperidine rings is 1. The maximum atomic E-state index is 13.7. The van der Waals surface area contributed by atoms with Gasteiger partial charge in [-0.1, -0.05) is 24.3 Å². The molecule has 0 amide bonds. The smallest absolute Gasteiger partial charge is 0.277 e. The lowest BCUT2D eigenvalue weighted by molar-refractivity contribution is 0.202. The van der Waals surface area contributed by atoms with Crippen molar-refractivity contribution in [1.29, 1.82) is 0 Å². The van der Waals surface area contributed by atoms with Crippen molar-refractivity contribution in [2.24, 2.45) is 0 Å². The number of pyridine rings is 1. The van der Waals surface area contributed by atoms with Crippen LogP contribution >= 0.6 is 0 Å². The number of imidazole rings is 1. The molecule has 2 N–H and O–H groups in total. The molecule has 0 unspecified atom stereocenters. The number of halogens is 1. The number of likely N-dealkylation sites (tertiary alicyclic amines) is 1. The van der Waals surface area contributed by atoms with Crippen molar-refractivity contribution < 1.29 is 4.39 Å². The minimum Gasteiger partial charge on any atom is -0.322 e. The van der Waals surface area contributed by atoms with Crippen molar-refractivity contribution in [3.63, 3.8) is 0 Å². The zero-order chi connectivity index (χ0) is 25.2. The van der Waals surface area contributed by atoms with Crippen LogP contribution in [0.1, 0.15) is 41.1 Å². The fourth-order valence-electron chi connectivity index (χ4n) is 5.31. The van der Waals surface area contributed by atoms with Crippen LogP contribution in [0.3, 0.4) is 0 Å². The minimum absolute atomic E-state index is 0.0737. The number of aromatic nitrogens is 5. The Balaban J connectivity index is 1.27. The van der Waals surface area contributed by atoms with E-state index in [9.17, 15) is 9.18 Å². The van der Waals surface area contributed by atoms with Crippen LogP contribution in [0.5, 0.6) is 0 Å². The number of benzene rings is 2. The summed E-state index contributed by atoms with van der Waals surface area (Å²) in [6.45, 7) is 2.83. The van der Waals surface area contributed by atoms with E-state index in [1.165, 1.54) is 17.7 Å². The third-order valence-corrected chi connectivity index (χ3v) is 7.34. The first-order chi connectivity index (χ1) is 18.1. The summed E-state index contributed by atoms with van der Waals surface area (Å²) in [5.74, 6) is 0.502. The first kappa shape index (κ1) is 23.4. The molecule has 1 saturated heterocycles. The normalized spacial score (nSPS) is 14.9. The van der Waals surface area contributed by atoms with Crippen LogP contribution in [-0.2, 0) is 19.4 Å². The average Bonchev–Trinajstić information content (AvgIpc) is 3.50. The molecule has 0 bridgehead atoms. The molecule has 0 aliphatic carbocycles. The predicted molar refractivity (Wildman–Crippen MR) is 141 cm³/mol. The molecule has 1 aliphatic heterocycles. The Labute approximate surface area is 214 Å². The summed E-state index contributed by atoms with van der Waals surface area (Å²) in [6.07, 6.45) is 6.85. The summed E-state index contributed by atoms with van der Waals surface area (Å²) >= 11 is 0. The topological polar surface area (TPSA) is 82.6 Å². The fourth-order valence-corrected chi connectivity index (χ4v) is 5.31. The number of aromatic amines is 2. The fraction of sp³-hybridized carbons (Fsp3) is 0.276. The number of nitrogens with one attached hydrogen (secondary N) is 2. The van der Waals surface area contributed by atoms with Gasteiger partial charge in [-0.2, -0.15) is 4.68 Å². The molecule has 4 heterocycles. The largest absolute Gasteiger partial charge is 0.322 e. The Kier molecular flexibility index (Phi) is 6.40. The highest BCUT2D eigenvalue weighted by Gasteiger charge is 2.27. The maximum absolute atomic E-state index is 13.7. The molecule has 2 aromatic carbocycles. The van der Waals surface area contributed by atoms with E-state index in [1.54, 1.807) is 16.8 Å². The van der Waals surface area contributed by atoms with Crippen molar-refractivity contribution in [2.75, 3.05) is 13.1 Å². The van der Waals surface area contributed by atoms with Crippen LogP contribution in [-0.4, -0.2) is 42.7 Å². The molecule has 8 heteroatoms. The molecular formula is C29H29FN6O. The van der Waals surface area contributed by atoms with Gasteiger partial charge < -0.3 is 4.98 Å². The SMILES string of the molecule is O=c1c(CCc2ccc(F)cc2)c(C2CCN(Cc3ccncc3)CC2)[nH]n1-c1nc2ccccc2[nH]1. The number of rotatable bonds is 7. The van der Waals surface area contributed by atoms with E-state index in [0.717, 1.165) is 60.3 Å². The summed E-state index contributed by atoms with van der Waals surface area (Å²) in [5.41, 5.74) is 5.69. The quantitative estimate of drug-likeness (QED) is 0.341. The predicted octanol–water partition coefficient (Wildman–Crippen LogP) is 4.74. The van der Waals surface area contributed by atoms with Crippen molar-refractivity contribution in [2.45, 2.75) is 38.1 Å². The van der Waals surface area contributed by atoms with Gasteiger partial charge in [0.1, 0.15) is 5.82 Å². The second kappa shape index (κ2) is 10.1. The van der Waals surface area contributed by atoms with Crippen molar-refractivity contribution in [3.8, 4) is 5.95 Å². The maximum Gasteiger partial charge on any atom is 0.277 e. The van der Waals surface area contributed by atoms with E-state index >= 15 is 0 Å². The molecule has 6 rings (SSSR count). The highest BCUT2D eigenvalue weighted by Crippen LogP contribution is 2.30. The molecule has 37 heavy (non-hydrogen) atoms. The number of fused-ring (bicyclic) bond motifs is 1. The van der Waals surface area contributed by atoms with Gasteiger partial charge in [-0.15, -0.1) is 0 Å². The van der Waals surface area contributed by atoms with E-state index in [0.29, 0.717) is 18.8 Å². The molecule has 0 saturated carbocycles. The highest BCUT2D eigenvalue weighted by atomic mass is 19.1. The van der Waals surface area contributed by atoms with Gasteiger partial charge in [0.2, 0.25) is 5.95 Å². The van der Waals surface area contributed by atoms with E-state index in [-0.39, 0.29) is 17.3 Å². The monoisotopic (exact) mass is 496 g/mol. The number of H-pyrrole nitrogens is 2. The molecule has 1 aliphatic rings. The Morgan fingerprint density at radius 1 is 0.919 bits per heavy atom. The van der Waals surface area contributed by atoms with Gasteiger partial charge in [0.05, 0.1) is 11.0 Å². The second-order valence-electron chi connectivity index (χ2n) is 9.75. The lowest BCUT2D eigenvalue weighted by Crippen LogP contribution is -2.33. The lowest BCUT2D eigenvalue weighted by Gasteiger charge is -2.31. The highest BCUT2D eigenvalue weighted by molar-refractivity contribution is 5.75. The third kappa shape index (κ3) is 4.97. The van der Waals surface area contributed by atoms with E-state index in [4.69, 9.17) is 0 Å². The second-order valence-corrected chi connectivity index (χ2v) is 9.75. The number of para-hydroxylation sites is 2. The average molecular weight is 497 g/mol. The van der Waals surface area contributed by atoms with E-state index in [2.05, 4.69) is 37.1 Å². The number of nitrogens with zero attached hydrogens (tertiary/aromatic N) is 4. The van der Waals surface area contributed by atoms with Gasteiger partial charge in [-0.3, -0.25) is 19.8 Å². The van der Waals surface area contributed by atoms with E-state index in [1.807, 2.05) is 36.7 Å². The standard InChI is InChI=1S/C29H29FN6O/c30-23-8-5-20(6-9-23)7-10-24-27(22-13-17-35(18-14-22)19-21-11-15-31-16-12-21)34-36(28(24)37)29-32-25-3-1-2-4-26(25)33-29/h1-6,8-9,11-12,15-16,22,34H,7,10,13-14,17-19H2,(H,32,33). The Hall–Kier alpha value is -4.04. The summed E-state index contributed by atoms with van der Waals surface area (Å²) in [7, 11) is 0. The molecule has 7 nitrogen and oxygen atoms in total. The van der Waals surface area contributed by atoms with Crippen LogP contribution < -0.4 is 5.56 Å². The van der Waals surface area contributed by atoms with Gasteiger partial charge in [0.25, 0.3) is 5.56 Å². The zero-order valence-electron chi connectivity index (χ0n) is 20.5. The van der Waals surface area contributed by atoms with Crippen LogP contribution in [0.2, 0.25) is 0 Å². The van der Waals surface area contributed by atoms with Gasteiger partial charge >= 0.3 is 0 Å². The molecule has 0 spiro atoms. The van der Waals surface area contributed by atoms with Crippen LogP contribution in [0.25, 0.3) is 17.0 Å². The van der Waals surface area contributed by atoms with Crippen LogP contribution in [0, 0.1) is 5.82 Å². The molecule has 188 valence electrons. The molecule has 5 aromatic rings. The van der Waals surface area contributed by atoms with Crippen molar-refractivity contribution >= 4 is 11.0 Å². The Morgan fingerprint density at radius 2 is 1.68 bits per heavy atom. The molecular weight excluding hydrogens is 467 g/mol. The number of aryl methyl sites for hydroxylation is 1. The van der Waals surface area contributed by atoms with Gasteiger partial charge in [0.15, 0.2) is 0 Å². The molecule has 3 aromatic heterocycles. The Bertz CT molecular complexity index is 1510. The molecule has 0 atom stereocenters.